The number of nitrogens with one attached hydrogen (secondary N) is 1. The number of carbonyl (C=O) groups excluding carboxylic acids is 2. The molecule has 0 saturated carbocycles. The molecule has 1 aliphatic rings. The fourth-order valence-corrected chi connectivity index (χ4v) is 4.23. The molecule has 7 nitrogen and oxygen atoms in total. The molecule has 0 unspecified atom stereocenters. The Morgan fingerprint density at radius 2 is 1.77 bits per heavy atom. The van der Waals surface area contributed by atoms with Gasteiger partial charge >= 0.3 is 5.97 Å². The first-order valence-corrected chi connectivity index (χ1v) is 10.3. The molecule has 26 heavy (non-hydrogen) atoms. The van der Waals surface area contributed by atoms with Crippen LogP contribution in [0, 0.1) is 5.92 Å². The number of sulfonamides is 1. The normalized spacial score (nSPS) is 16.2. The second kappa shape index (κ2) is 9.14. The second-order valence-electron chi connectivity index (χ2n) is 6.46. The monoisotopic (exact) mass is 382 g/mol. The number of piperidine rings is 1. The third-order valence-corrected chi connectivity index (χ3v) is 6.29. The summed E-state index contributed by atoms with van der Waals surface area (Å²) in [6, 6.07) is 6.10. The topological polar surface area (TPSA) is 92.8 Å². The van der Waals surface area contributed by atoms with E-state index in [0.717, 1.165) is 12.8 Å². The van der Waals surface area contributed by atoms with Gasteiger partial charge in [0.1, 0.15) is 0 Å². The Bertz CT molecular complexity index is 722. The molecule has 1 aromatic rings. The maximum Gasteiger partial charge on any atom is 0.306 e. The van der Waals surface area contributed by atoms with Gasteiger partial charge in [0, 0.05) is 25.2 Å². The minimum Gasteiger partial charge on any atom is -0.466 e. The Balaban J connectivity index is 1.93. The molecule has 1 amide bonds. The van der Waals surface area contributed by atoms with E-state index in [1.807, 2.05) is 0 Å². The van der Waals surface area contributed by atoms with Crippen LogP contribution in [0.15, 0.2) is 29.2 Å². The van der Waals surface area contributed by atoms with Crippen molar-refractivity contribution in [2.24, 2.45) is 5.92 Å². The van der Waals surface area contributed by atoms with Crippen molar-refractivity contribution in [1.29, 1.82) is 0 Å². The fraction of sp³-hybridized carbons (Fsp3) is 0.556. The highest BCUT2D eigenvalue weighted by Crippen LogP contribution is 2.24. The zero-order valence-electron chi connectivity index (χ0n) is 15.2. The average Bonchev–Trinajstić information content (AvgIpc) is 2.61. The molecule has 0 bridgehead atoms. The van der Waals surface area contributed by atoms with Gasteiger partial charge in [-0.15, -0.1) is 0 Å². The minimum atomic E-state index is -3.50. The zero-order valence-corrected chi connectivity index (χ0v) is 16.0. The fourth-order valence-electron chi connectivity index (χ4n) is 2.76. The largest absolute Gasteiger partial charge is 0.466 e. The third kappa shape index (κ3) is 5.54. The lowest BCUT2D eigenvalue weighted by molar-refractivity contribution is -0.144. The van der Waals surface area contributed by atoms with Gasteiger partial charge < -0.3 is 10.1 Å². The summed E-state index contributed by atoms with van der Waals surface area (Å²) in [5.74, 6) is -0.188. The molecule has 1 saturated heterocycles. The number of ether oxygens (including phenoxy) is 1. The molecule has 1 aliphatic heterocycles. The Labute approximate surface area is 154 Å². The summed E-state index contributed by atoms with van der Waals surface area (Å²) in [6.45, 7) is 5.19. The SMILES string of the molecule is CCOC(=O)CCC(=O)Nc1ccc(S(=O)(=O)N2CCC(C)CC2)cc1. The van der Waals surface area contributed by atoms with Gasteiger partial charge in [0.05, 0.1) is 17.9 Å². The average molecular weight is 382 g/mol. The summed E-state index contributed by atoms with van der Waals surface area (Å²) in [4.78, 5) is 23.3. The highest BCUT2D eigenvalue weighted by molar-refractivity contribution is 7.89. The van der Waals surface area contributed by atoms with Gasteiger partial charge in [-0.05, 0) is 49.9 Å². The van der Waals surface area contributed by atoms with Crippen molar-refractivity contribution in [2.75, 3.05) is 25.0 Å². The number of hydrogen-bond acceptors (Lipinski definition) is 5. The first kappa shape index (κ1) is 20.4. The first-order valence-electron chi connectivity index (χ1n) is 8.88. The van der Waals surface area contributed by atoms with E-state index in [1.165, 1.54) is 16.4 Å². The molecular formula is C18H26N2O5S. The Kier molecular flexibility index (Phi) is 7.16. The Hall–Kier alpha value is -1.93. The van der Waals surface area contributed by atoms with Crippen LogP contribution in [0.1, 0.15) is 39.5 Å². The van der Waals surface area contributed by atoms with E-state index >= 15 is 0 Å². The first-order chi connectivity index (χ1) is 12.3. The van der Waals surface area contributed by atoms with Crippen LogP contribution in [0.4, 0.5) is 5.69 Å². The molecule has 8 heteroatoms. The van der Waals surface area contributed by atoms with Crippen LogP contribution in [0.3, 0.4) is 0 Å². The van der Waals surface area contributed by atoms with Crippen molar-refractivity contribution in [1.82, 2.24) is 4.31 Å². The predicted molar refractivity (Wildman–Crippen MR) is 98.1 cm³/mol. The van der Waals surface area contributed by atoms with E-state index in [9.17, 15) is 18.0 Å². The number of hydrogen-bond donors (Lipinski definition) is 1. The van der Waals surface area contributed by atoms with Gasteiger partial charge in [-0.25, -0.2) is 8.42 Å². The molecule has 0 aliphatic carbocycles. The van der Waals surface area contributed by atoms with E-state index in [1.54, 1.807) is 19.1 Å². The molecule has 0 aromatic heterocycles. The number of carbonyl (C=O) groups is 2. The third-order valence-electron chi connectivity index (χ3n) is 4.38. The number of nitrogens with zero attached hydrogens (tertiary/aromatic N) is 1. The Morgan fingerprint density at radius 3 is 2.35 bits per heavy atom. The lowest BCUT2D eigenvalue weighted by Crippen LogP contribution is -2.37. The quantitative estimate of drug-likeness (QED) is 0.731. The molecule has 1 fully saturated rings. The summed E-state index contributed by atoms with van der Waals surface area (Å²) in [5.41, 5.74) is 0.491. The molecule has 2 rings (SSSR count). The van der Waals surface area contributed by atoms with Gasteiger partial charge in [-0.3, -0.25) is 9.59 Å². The summed E-state index contributed by atoms with van der Waals surface area (Å²) in [6.07, 6.45) is 1.77. The number of anilines is 1. The van der Waals surface area contributed by atoms with E-state index in [-0.39, 0.29) is 30.3 Å². The van der Waals surface area contributed by atoms with E-state index < -0.39 is 16.0 Å². The zero-order chi connectivity index (χ0) is 19.2. The van der Waals surface area contributed by atoms with Crippen molar-refractivity contribution < 1.29 is 22.7 Å². The van der Waals surface area contributed by atoms with Crippen molar-refractivity contribution in [3.8, 4) is 0 Å². The molecule has 1 aromatic carbocycles. The number of benzene rings is 1. The smallest absolute Gasteiger partial charge is 0.306 e. The van der Waals surface area contributed by atoms with Gasteiger partial charge in [-0.1, -0.05) is 6.92 Å². The standard InChI is InChI=1S/C18H26N2O5S/c1-3-25-18(22)9-8-17(21)19-15-4-6-16(7-5-15)26(23,24)20-12-10-14(2)11-13-20/h4-7,14H,3,8-13H2,1-2H3,(H,19,21). The highest BCUT2D eigenvalue weighted by atomic mass is 32.2. The summed E-state index contributed by atoms with van der Waals surface area (Å²) >= 11 is 0. The maximum absolute atomic E-state index is 12.7. The number of esters is 1. The van der Waals surface area contributed by atoms with Crippen LogP contribution in [0.25, 0.3) is 0 Å². The van der Waals surface area contributed by atoms with Crippen LogP contribution in [-0.4, -0.2) is 44.3 Å². The lowest BCUT2D eigenvalue weighted by Gasteiger charge is -2.29. The highest BCUT2D eigenvalue weighted by Gasteiger charge is 2.27. The molecule has 144 valence electrons. The minimum absolute atomic E-state index is 0.0134. The summed E-state index contributed by atoms with van der Waals surface area (Å²) in [5, 5.41) is 2.65. The van der Waals surface area contributed by atoms with Crippen LogP contribution < -0.4 is 5.32 Å². The van der Waals surface area contributed by atoms with Gasteiger partial charge in [0.2, 0.25) is 15.9 Å². The number of amides is 1. The Morgan fingerprint density at radius 1 is 1.15 bits per heavy atom. The van der Waals surface area contributed by atoms with Crippen LogP contribution in [-0.2, 0) is 24.3 Å². The predicted octanol–water partition coefficient (Wildman–Crippen LogP) is 2.39. The van der Waals surface area contributed by atoms with Gasteiger partial charge in [-0.2, -0.15) is 4.31 Å². The molecule has 0 spiro atoms. The van der Waals surface area contributed by atoms with Crippen LogP contribution >= 0.6 is 0 Å². The lowest BCUT2D eigenvalue weighted by atomic mass is 10.0. The van der Waals surface area contributed by atoms with Gasteiger partial charge in [0.15, 0.2) is 0 Å². The molecular weight excluding hydrogens is 356 g/mol. The molecule has 1 N–H and O–H groups in total. The van der Waals surface area contributed by atoms with Crippen LogP contribution in [0.2, 0.25) is 0 Å². The van der Waals surface area contributed by atoms with Crippen molar-refractivity contribution in [3.05, 3.63) is 24.3 Å². The maximum atomic E-state index is 12.7. The number of rotatable bonds is 7. The van der Waals surface area contributed by atoms with E-state index in [4.69, 9.17) is 4.74 Å². The second-order valence-corrected chi connectivity index (χ2v) is 8.40. The molecule has 1 heterocycles. The summed E-state index contributed by atoms with van der Waals surface area (Å²) in [7, 11) is -3.50. The molecule has 0 radical (unpaired) electrons. The van der Waals surface area contributed by atoms with Crippen molar-refractivity contribution in [3.63, 3.8) is 0 Å². The van der Waals surface area contributed by atoms with E-state index in [2.05, 4.69) is 12.2 Å². The summed E-state index contributed by atoms with van der Waals surface area (Å²) < 4.78 is 31.6. The van der Waals surface area contributed by atoms with Crippen molar-refractivity contribution in [2.45, 2.75) is 44.4 Å². The van der Waals surface area contributed by atoms with Gasteiger partial charge in [0.25, 0.3) is 0 Å². The van der Waals surface area contributed by atoms with Crippen molar-refractivity contribution >= 4 is 27.6 Å². The van der Waals surface area contributed by atoms with Crippen LogP contribution in [0.5, 0.6) is 0 Å². The van der Waals surface area contributed by atoms with E-state index in [0.29, 0.717) is 24.7 Å². The molecule has 0 atom stereocenters.